The second-order valence-corrected chi connectivity index (χ2v) is 4.91. The van der Waals surface area contributed by atoms with Gasteiger partial charge in [-0.3, -0.25) is 0 Å². The lowest BCUT2D eigenvalue weighted by Crippen LogP contribution is -1.97. The predicted molar refractivity (Wildman–Crippen MR) is 73.7 cm³/mol. The number of aromatic carboxylic acids is 1. The molecule has 20 heavy (non-hydrogen) atoms. The van der Waals surface area contributed by atoms with Crippen LogP contribution in [-0.2, 0) is 5.75 Å². The minimum atomic E-state index is -1.02. The number of nitrogens with zero attached hydrogens (tertiary/aromatic N) is 1. The zero-order valence-electron chi connectivity index (χ0n) is 10.7. The lowest BCUT2D eigenvalue weighted by atomic mass is 10.2. The summed E-state index contributed by atoms with van der Waals surface area (Å²) in [6.45, 7) is 0. The molecule has 2 rings (SSSR count). The number of hydrogen-bond donors (Lipinski definition) is 1. The molecule has 0 bridgehead atoms. The Balaban J connectivity index is 2.07. The Morgan fingerprint density at radius 1 is 1.40 bits per heavy atom. The van der Waals surface area contributed by atoms with Gasteiger partial charge in [0.1, 0.15) is 0 Å². The van der Waals surface area contributed by atoms with Gasteiger partial charge in [-0.15, -0.1) is 11.8 Å². The van der Waals surface area contributed by atoms with Gasteiger partial charge < -0.3 is 9.84 Å². The number of carbonyl (C=O) groups is 1. The standard InChI is InChI=1S/C14H12FNO3S/c1-19-11-4-2-3-10(13(11)15)8-20-12-6-5-9(7-16-12)14(17)18/h2-7H,8H2,1H3,(H,17,18). The van der Waals surface area contributed by atoms with Crippen LogP contribution in [0.3, 0.4) is 0 Å². The monoisotopic (exact) mass is 293 g/mol. The van der Waals surface area contributed by atoms with Gasteiger partial charge in [0.15, 0.2) is 11.6 Å². The molecule has 6 heteroatoms. The molecule has 0 aliphatic heterocycles. The molecular weight excluding hydrogens is 281 g/mol. The number of benzene rings is 1. The van der Waals surface area contributed by atoms with Crippen molar-refractivity contribution in [2.75, 3.05) is 7.11 Å². The van der Waals surface area contributed by atoms with Crippen molar-refractivity contribution in [1.82, 2.24) is 4.98 Å². The lowest BCUT2D eigenvalue weighted by Gasteiger charge is -2.07. The maximum atomic E-state index is 13.9. The largest absolute Gasteiger partial charge is 0.494 e. The number of halogens is 1. The summed E-state index contributed by atoms with van der Waals surface area (Å²) in [5.41, 5.74) is 0.639. The number of carboxylic acid groups (broad SMARTS) is 1. The van der Waals surface area contributed by atoms with Gasteiger partial charge in [0.05, 0.1) is 17.7 Å². The van der Waals surface area contributed by atoms with E-state index in [0.29, 0.717) is 16.3 Å². The van der Waals surface area contributed by atoms with Crippen LogP contribution in [0.25, 0.3) is 0 Å². The van der Waals surface area contributed by atoms with E-state index in [1.807, 2.05) is 0 Å². The molecule has 0 aliphatic carbocycles. The number of ether oxygens (including phenoxy) is 1. The van der Waals surface area contributed by atoms with E-state index < -0.39 is 5.97 Å². The van der Waals surface area contributed by atoms with Gasteiger partial charge in [0.2, 0.25) is 0 Å². The Labute approximate surface area is 119 Å². The fourth-order valence-corrected chi connectivity index (χ4v) is 2.39. The van der Waals surface area contributed by atoms with Crippen molar-refractivity contribution in [1.29, 1.82) is 0 Å². The molecule has 1 heterocycles. The fraction of sp³-hybridized carbons (Fsp3) is 0.143. The quantitative estimate of drug-likeness (QED) is 0.858. The maximum Gasteiger partial charge on any atom is 0.337 e. The minimum Gasteiger partial charge on any atom is -0.494 e. The van der Waals surface area contributed by atoms with Crippen LogP contribution in [0.1, 0.15) is 15.9 Å². The average molecular weight is 293 g/mol. The lowest BCUT2D eigenvalue weighted by molar-refractivity contribution is 0.0696. The smallest absolute Gasteiger partial charge is 0.337 e. The van der Waals surface area contributed by atoms with Crippen LogP contribution in [0.5, 0.6) is 5.75 Å². The van der Waals surface area contributed by atoms with Crippen molar-refractivity contribution in [2.45, 2.75) is 10.8 Å². The van der Waals surface area contributed by atoms with Crippen molar-refractivity contribution < 1.29 is 19.0 Å². The summed E-state index contributed by atoms with van der Waals surface area (Å²) in [6, 6.07) is 8.03. The number of thioether (sulfide) groups is 1. The van der Waals surface area contributed by atoms with Gasteiger partial charge in [0.25, 0.3) is 0 Å². The van der Waals surface area contributed by atoms with Gasteiger partial charge in [-0.2, -0.15) is 0 Å². The molecule has 2 aromatic rings. The maximum absolute atomic E-state index is 13.9. The van der Waals surface area contributed by atoms with Crippen LogP contribution in [0, 0.1) is 5.82 Å². The summed E-state index contributed by atoms with van der Waals surface area (Å²) in [4.78, 5) is 14.7. The van der Waals surface area contributed by atoms with E-state index in [0.717, 1.165) is 0 Å². The van der Waals surface area contributed by atoms with Gasteiger partial charge in [-0.25, -0.2) is 14.2 Å². The normalized spacial score (nSPS) is 10.3. The molecule has 0 saturated heterocycles. The SMILES string of the molecule is COc1cccc(CSc2ccc(C(=O)O)cn2)c1F. The van der Waals surface area contributed by atoms with Crippen LogP contribution in [0.15, 0.2) is 41.6 Å². The fourth-order valence-electron chi connectivity index (χ4n) is 1.57. The van der Waals surface area contributed by atoms with Gasteiger partial charge >= 0.3 is 5.97 Å². The predicted octanol–water partition coefficient (Wildman–Crippen LogP) is 3.22. The zero-order chi connectivity index (χ0) is 14.5. The minimum absolute atomic E-state index is 0.127. The number of rotatable bonds is 5. The first-order chi connectivity index (χ1) is 9.61. The average Bonchev–Trinajstić information content (AvgIpc) is 2.46. The van der Waals surface area contributed by atoms with Crippen molar-refractivity contribution >= 4 is 17.7 Å². The van der Waals surface area contributed by atoms with E-state index in [9.17, 15) is 9.18 Å². The van der Waals surface area contributed by atoms with E-state index in [-0.39, 0.29) is 17.1 Å². The first-order valence-electron chi connectivity index (χ1n) is 5.75. The molecule has 1 aromatic carbocycles. The Hall–Kier alpha value is -2.08. The van der Waals surface area contributed by atoms with Crippen LogP contribution < -0.4 is 4.74 Å². The topological polar surface area (TPSA) is 59.4 Å². The summed E-state index contributed by atoms with van der Waals surface area (Å²) < 4.78 is 18.8. The Bertz CT molecular complexity index is 616. The summed E-state index contributed by atoms with van der Waals surface area (Å²) in [7, 11) is 1.42. The molecule has 0 atom stereocenters. The number of pyridine rings is 1. The van der Waals surface area contributed by atoms with Crippen LogP contribution >= 0.6 is 11.8 Å². The van der Waals surface area contributed by atoms with Crippen LogP contribution in [0.4, 0.5) is 4.39 Å². The molecular formula is C14H12FNO3S. The number of carboxylic acids is 1. The van der Waals surface area contributed by atoms with E-state index in [1.54, 1.807) is 24.3 Å². The van der Waals surface area contributed by atoms with Crippen molar-refractivity contribution in [2.24, 2.45) is 0 Å². The number of methoxy groups -OCH3 is 1. The molecule has 4 nitrogen and oxygen atoms in total. The number of aromatic nitrogens is 1. The highest BCUT2D eigenvalue weighted by atomic mass is 32.2. The highest BCUT2D eigenvalue weighted by Gasteiger charge is 2.09. The first-order valence-corrected chi connectivity index (χ1v) is 6.74. The Morgan fingerprint density at radius 3 is 2.80 bits per heavy atom. The van der Waals surface area contributed by atoms with Gasteiger partial charge in [-0.05, 0) is 18.2 Å². The van der Waals surface area contributed by atoms with E-state index >= 15 is 0 Å². The third kappa shape index (κ3) is 3.27. The molecule has 0 radical (unpaired) electrons. The molecule has 0 aliphatic rings. The summed E-state index contributed by atoms with van der Waals surface area (Å²) in [5, 5.41) is 9.40. The second kappa shape index (κ2) is 6.38. The first kappa shape index (κ1) is 14.3. The molecule has 104 valence electrons. The number of hydrogen-bond acceptors (Lipinski definition) is 4. The summed E-state index contributed by atoms with van der Waals surface area (Å²) in [6.07, 6.45) is 1.28. The van der Waals surface area contributed by atoms with E-state index in [4.69, 9.17) is 9.84 Å². The second-order valence-electron chi connectivity index (χ2n) is 3.91. The van der Waals surface area contributed by atoms with Crippen LogP contribution in [0.2, 0.25) is 0 Å². The zero-order valence-corrected chi connectivity index (χ0v) is 11.5. The van der Waals surface area contributed by atoms with E-state index in [1.165, 1.54) is 31.1 Å². The van der Waals surface area contributed by atoms with Crippen LogP contribution in [-0.4, -0.2) is 23.2 Å². The summed E-state index contributed by atoms with van der Waals surface area (Å²) >= 11 is 1.33. The Kier molecular flexibility index (Phi) is 4.57. The third-order valence-electron chi connectivity index (χ3n) is 2.62. The van der Waals surface area contributed by atoms with Crippen molar-refractivity contribution in [3.8, 4) is 5.75 Å². The van der Waals surface area contributed by atoms with Gasteiger partial charge in [-0.1, -0.05) is 12.1 Å². The molecule has 0 amide bonds. The molecule has 0 unspecified atom stereocenters. The molecule has 1 aromatic heterocycles. The highest BCUT2D eigenvalue weighted by molar-refractivity contribution is 7.98. The Morgan fingerprint density at radius 2 is 2.20 bits per heavy atom. The molecule has 1 N–H and O–H groups in total. The van der Waals surface area contributed by atoms with Gasteiger partial charge in [0, 0.05) is 17.5 Å². The molecule has 0 saturated carbocycles. The molecule has 0 spiro atoms. The third-order valence-corrected chi connectivity index (χ3v) is 3.61. The van der Waals surface area contributed by atoms with Crippen molar-refractivity contribution in [3.05, 3.63) is 53.5 Å². The molecule has 0 fully saturated rings. The van der Waals surface area contributed by atoms with Crippen molar-refractivity contribution in [3.63, 3.8) is 0 Å². The van der Waals surface area contributed by atoms with E-state index in [2.05, 4.69) is 4.98 Å². The summed E-state index contributed by atoms with van der Waals surface area (Å²) in [5.74, 6) is -0.808. The highest BCUT2D eigenvalue weighted by Crippen LogP contribution is 2.26.